The van der Waals surface area contributed by atoms with E-state index in [0.29, 0.717) is 12.5 Å². The monoisotopic (exact) mass is 334 g/mol. The molecule has 23 heavy (non-hydrogen) atoms. The van der Waals surface area contributed by atoms with Gasteiger partial charge in [-0.25, -0.2) is 0 Å². The van der Waals surface area contributed by atoms with E-state index in [1.807, 2.05) is 35.4 Å². The number of hydrogen-bond acceptors (Lipinski definition) is 4. The van der Waals surface area contributed by atoms with Crippen LogP contribution in [0.15, 0.2) is 29.2 Å². The summed E-state index contributed by atoms with van der Waals surface area (Å²) in [5, 5.41) is 9.72. The van der Waals surface area contributed by atoms with Gasteiger partial charge in [0.15, 0.2) is 0 Å². The minimum absolute atomic E-state index is 0.109. The van der Waals surface area contributed by atoms with Crippen LogP contribution in [0.3, 0.4) is 0 Å². The third-order valence-corrected chi connectivity index (χ3v) is 5.92. The zero-order chi connectivity index (χ0) is 16.2. The van der Waals surface area contributed by atoms with Crippen LogP contribution >= 0.6 is 11.8 Å². The first-order valence-corrected chi connectivity index (χ1v) is 9.71. The van der Waals surface area contributed by atoms with Crippen molar-refractivity contribution in [2.45, 2.75) is 17.7 Å². The minimum atomic E-state index is 0.109. The Morgan fingerprint density at radius 3 is 2.61 bits per heavy atom. The summed E-state index contributed by atoms with van der Waals surface area (Å²) in [5.41, 5.74) is 0.790. The smallest absolute Gasteiger partial charge is 0.255 e. The third kappa shape index (κ3) is 3.73. The molecule has 0 unspecified atom stereocenters. The van der Waals surface area contributed by atoms with Crippen LogP contribution < -0.4 is 0 Å². The van der Waals surface area contributed by atoms with Gasteiger partial charge in [0.1, 0.15) is 0 Å². The molecule has 0 radical (unpaired) electrons. The molecule has 1 aromatic carbocycles. The number of nitrogens with zero attached hydrogens (tertiary/aromatic N) is 2. The molecule has 2 aliphatic heterocycles. The lowest BCUT2D eigenvalue weighted by molar-refractivity contribution is 0.0776. The third-order valence-electron chi connectivity index (χ3n) is 5.13. The van der Waals surface area contributed by atoms with E-state index >= 15 is 0 Å². The van der Waals surface area contributed by atoms with E-state index < -0.39 is 0 Å². The molecule has 3 rings (SSSR count). The fourth-order valence-electron chi connectivity index (χ4n) is 3.81. The minimum Gasteiger partial charge on any atom is -0.396 e. The predicted octanol–water partition coefficient (Wildman–Crippen LogP) is 2.18. The fourth-order valence-corrected chi connectivity index (χ4v) is 4.40. The second-order valence-corrected chi connectivity index (χ2v) is 7.47. The molecule has 126 valence electrons. The maximum Gasteiger partial charge on any atom is 0.255 e. The van der Waals surface area contributed by atoms with Gasteiger partial charge in [0, 0.05) is 37.1 Å². The quantitative estimate of drug-likeness (QED) is 0.839. The topological polar surface area (TPSA) is 43.8 Å². The van der Waals surface area contributed by atoms with Crippen molar-refractivity contribution in [2.24, 2.45) is 11.8 Å². The van der Waals surface area contributed by atoms with Crippen molar-refractivity contribution < 1.29 is 9.90 Å². The molecule has 0 spiro atoms. The van der Waals surface area contributed by atoms with Crippen molar-refractivity contribution >= 4 is 17.7 Å². The van der Waals surface area contributed by atoms with Crippen LogP contribution in [-0.4, -0.2) is 66.4 Å². The van der Waals surface area contributed by atoms with Gasteiger partial charge in [-0.3, -0.25) is 4.79 Å². The molecule has 1 amide bonds. The molecule has 0 bridgehead atoms. The van der Waals surface area contributed by atoms with Crippen LogP contribution in [-0.2, 0) is 0 Å². The fraction of sp³-hybridized carbons (Fsp3) is 0.611. The Bertz CT molecular complexity index is 546. The van der Waals surface area contributed by atoms with E-state index in [9.17, 15) is 9.90 Å². The van der Waals surface area contributed by atoms with Gasteiger partial charge >= 0.3 is 0 Å². The molecule has 2 atom stereocenters. The van der Waals surface area contributed by atoms with Crippen molar-refractivity contribution in [3.63, 3.8) is 0 Å². The number of amides is 1. The number of rotatable bonds is 5. The van der Waals surface area contributed by atoms with Gasteiger partial charge in [-0.2, -0.15) is 0 Å². The molecule has 4 nitrogen and oxygen atoms in total. The van der Waals surface area contributed by atoms with Crippen molar-refractivity contribution in [1.29, 1.82) is 0 Å². The van der Waals surface area contributed by atoms with Crippen LogP contribution in [0.2, 0.25) is 0 Å². The number of thioether (sulfide) groups is 1. The van der Waals surface area contributed by atoms with Gasteiger partial charge in [0.05, 0.1) is 5.56 Å². The van der Waals surface area contributed by atoms with E-state index in [-0.39, 0.29) is 18.4 Å². The van der Waals surface area contributed by atoms with Gasteiger partial charge in [0.25, 0.3) is 5.91 Å². The second kappa shape index (κ2) is 7.69. The van der Waals surface area contributed by atoms with Crippen molar-refractivity contribution in [1.82, 2.24) is 9.80 Å². The number of carbonyl (C=O) groups is 1. The van der Waals surface area contributed by atoms with E-state index in [2.05, 4.69) is 4.90 Å². The summed E-state index contributed by atoms with van der Waals surface area (Å²) in [6, 6.07) is 7.81. The van der Waals surface area contributed by atoms with Crippen molar-refractivity contribution in [3.05, 3.63) is 29.8 Å². The molecular weight excluding hydrogens is 308 g/mol. The average Bonchev–Trinajstić information content (AvgIpc) is 3.24. The number of hydrogen-bond donors (Lipinski definition) is 1. The SMILES string of the molecule is CSc1ccccc1C(=O)N1C[C@@H](CN2CCCC2)[C@@H](CO)C1. The first-order valence-electron chi connectivity index (χ1n) is 8.48. The zero-order valence-electron chi connectivity index (χ0n) is 13.8. The summed E-state index contributed by atoms with van der Waals surface area (Å²) in [6.07, 6.45) is 4.56. The van der Waals surface area contributed by atoms with Crippen LogP contribution in [0.5, 0.6) is 0 Å². The molecule has 0 aromatic heterocycles. The maximum absolute atomic E-state index is 12.9. The summed E-state index contributed by atoms with van der Waals surface area (Å²) >= 11 is 1.61. The number of benzene rings is 1. The molecule has 2 saturated heterocycles. The summed E-state index contributed by atoms with van der Waals surface area (Å²) in [7, 11) is 0. The van der Waals surface area contributed by atoms with Crippen LogP contribution in [0.4, 0.5) is 0 Å². The predicted molar refractivity (Wildman–Crippen MR) is 93.9 cm³/mol. The highest BCUT2D eigenvalue weighted by atomic mass is 32.2. The number of carbonyl (C=O) groups excluding carboxylic acids is 1. The number of likely N-dealkylation sites (tertiary alicyclic amines) is 2. The Hall–Kier alpha value is -1.04. The lowest BCUT2D eigenvalue weighted by atomic mass is 9.96. The van der Waals surface area contributed by atoms with E-state index in [4.69, 9.17) is 0 Å². The van der Waals surface area contributed by atoms with Gasteiger partial charge in [0.2, 0.25) is 0 Å². The van der Waals surface area contributed by atoms with E-state index in [1.165, 1.54) is 12.8 Å². The first-order chi connectivity index (χ1) is 11.2. The lowest BCUT2D eigenvalue weighted by Crippen LogP contribution is -2.32. The summed E-state index contributed by atoms with van der Waals surface area (Å²) < 4.78 is 0. The molecule has 5 heteroatoms. The molecule has 2 aliphatic rings. The Balaban J connectivity index is 1.69. The van der Waals surface area contributed by atoms with Crippen molar-refractivity contribution in [3.8, 4) is 0 Å². The lowest BCUT2D eigenvalue weighted by Gasteiger charge is -2.23. The normalized spacial score (nSPS) is 25.2. The number of aliphatic hydroxyl groups excluding tert-OH is 1. The molecule has 1 aromatic rings. The highest BCUT2D eigenvalue weighted by Crippen LogP contribution is 2.29. The van der Waals surface area contributed by atoms with Gasteiger partial charge in [-0.15, -0.1) is 11.8 Å². The van der Waals surface area contributed by atoms with Gasteiger partial charge in [-0.1, -0.05) is 12.1 Å². The molecule has 0 saturated carbocycles. The van der Waals surface area contributed by atoms with Crippen LogP contribution in [0.25, 0.3) is 0 Å². The summed E-state index contributed by atoms with van der Waals surface area (Å²) in [6.45, 7) is 4.96. The number of aliphatic hydroxyl groups is 1. The molecular formula is C18H26N2O2S. The van der Waals surface area contributed by atoms with E-state index in [0.717, 1.165) is 36.6 Å². The zero-order valence-corrected chi connectivity index (χ0v) is 14.6. The summed E-state index contributed by atoms with van der Waals surface area (Å²) in [4.78, 5) is 18.3. The maximum atomic E-state index is 12.9. The molecule has 2 fully saturated rings. The Morgan fingerprint density at radius 1 is 1.22 bits per heavy atom. The highest BCUT2D eigenvalue weighted by molar-refractivity contribution is 7.98. The van der Waals surface area contributed by atoms with Crippen LogP contribution in [0, 0.1) is 11.8 Å². The Morgan fingerprint density at radius 2 is 1.91 bits per heavy atom. The largest absolute Gasteiger partial charge is 0.396 e. The second-order valence-electron chi connectivity index (χ2n) is 6.62. The van der Waals surface area contributed by atoms with Gasteiger partial charge < -0.3 is 14.9 Å². The first kappa shape index (κ1) is 16.8. The Labute approximate surface area is 142 Å². The standard InChI is InChI=1S/C18H26N2O2S/c1-23-17-7-3-2-6-16(17)18(22)20-11-14(15(12-20)13-21)10-19-8-4-5-9-19/h2-3,6-7,14-15,21H,4-5,8-13H2,1H3/t14-,15-/m1/s1. The molecule has 0 aliphatic carbocycles. The van der Waals surface area contributed by atoms with Gasteiger partial charge in [-0.05, 0) is 50.2 Å². The summed E-state index contributed by atoms with van der Waals surface area (Å²) in [5.74, 6) is 0.710. The van der Waals surface area contributed by atoms with Crippen LogP contribution in [0.1, 0.15) is 23.2 Å². The van der Waals surface area contributed by atoms with E-state index in [1.54, 1.807) is 11.8 Å². The highest BCUT2D eigenvalue weighted by Gasteiger charge is 2.36. The molecule has 2 heterocycles. The molecule has 1 N–H and O–H groups in total. The Kier molecular flexibility index (Phi) is 5.62. The average molecular weight is 334 g/mol. The van der Waals surface area contributed by atoms with Crippen molar-refractivity contribution in [2.75, 3.05) is 45.6 Å².